The number of benzene rings is 8. The monoisotopic (exact) mass is 756 g/mol. The molecule has 58 heavy (non-hydrogen) atoms. The second kappa shape index (κ2) is 13.7. The van der Waals surface area contributed by atoms with Gasteiger partial charge in [0.2, 0.25) is 0 Å². The van der Waals surface area contributed by atoms with Crippen LogP contribution < -0.4 is 0 Å². The Morgan fingerprint density at radius 3 is 1.40 bits per heavy atom. The Morgan fingerprint density at radius 2 is 0.810 bits per heavy atom. The van der Waals surface area contributed by atoms with Crippen molar-refractivity contribution in [1.82, 2.24) is 15.0 Å². The number of fused-ring (bicyclic) bond motifs is 9. The Hall–Kier alpha value is -7.39. The van der Waals surface area contributed by atoms with Crippen molar-refractivity contribution in [3.63, 3.8) is 0 Å². The molecule has 0 N–H and O–H groups in total. The quantitative estimate of drug-likeness (QED) is 0.175. The zero-order chi connectivity index (χ0) is 38.6. The van der Waals surface area contributed by atoms with Gasteiger partial charge in [0, 0.05) is 26.5 Å². The van der Waals surface area contributed by atoms with E-state index < -0.39 is 5.41 Å². The largest absolute Gasteiger partial charge is 0.208 e. The van der Waals surface area contributed by atoms with Gasteiger partial charge in [0.05, 0.1) is 17.0 Å². The van der Waals surface area contributed by atoms with Gasteiger partial charge in [0.1, 0.15) is 0 Å². The first-order chi connectivity index (χ1) is 28.7. The summed E-state index contributed by atoms with van der Waals surface area (Å²) in [5.41, 5.74) is 14.7. The van der Waals surface area contributed by atoms with Crippen LogP contribution in [0.25, 0.3) is 67.5 Å². The summed E-state index contributed by atoms with van der Waals surface area (Å²) in [5, 5.41) is 10.0. The molecule has 2 heterocycles. The molecule has 0 radical (unpaired) electrons. The zero-order valence-electron chi connectivity index (χ0n) is 31.2. The van der Waals surface area contributed by atoms with Crippen molar-refractivity contribution in [1.29, 1.82) is 5.26 Å². The number of nitrogens with zero attached hydrogens (tertiary/aromatic N) is 4. The maximum absolute atomic E-state index is 10.0. The molecule has 270 valence electrons. The first kappa shape index (κ1) is 33.9. The van der Waals surface area contributed by atoms with Crippen molar-refractivity contribution < 1.29 is 0 Å². The summed E-state index contributed by atoms with van der Waals surface area (Å²) in [6.07, 6.45) is 0. The van der Waals surface area contributed by atoms with E-state index in [-0.39, 0.29) is 0 Å². The first-order valence-corrected chi connectivity index (χ1v) is 20.1. The van der Waals surface area contributed by atoms with Gasteiger partial charge in [-0.3, -0.25) is 0 Å². The molecule has 0 amide bonds. The molecular formula is C53H32N4S. The molecule has 0 fully saturated rings. The highest BCUT2D eigenvalue weighted by Crippen LogP contribution is 2.62. The van der Waals surface area contributed by atoms with Crippen LogP contribution >= 0.6 is 11.8 Å². The van der Waals surface area contributed by atoms with Gasteiger partial charge in [-0.2, -0.15) is 5.26 Å². The van der Waals surface area contributed by atoms with E-state index in [1.165, 1.54) is 37.6 Å². The minimum absolute atomic E-state index is 0.479. The lowest BCUT2D eigenvalue weighted by atomic mass is 9.67. The van der Waals surface area contributed by atoms with Crippen LogP contribution in [-0.4, -0.2) is 15.0 Å². The zero-order valence-corrected chi connectivity index (χ0v) is 32.0. The molecule has 11 rings (SSSR count). The second-order valence-electron chi connectivity index (χ2n) is 14.7. The van der Waals surface area contributed by atoms with Gasteiger partial charge < -0.3 is 0 Å². The highest BCUT2D eigenvalue weighted by Gasteiger charge is 2.50. The molecule has 0 atom stereocenters. The SMILES string of the molecule is N#Cc1ccc2c(c1)-c1cc(-c3ccc(-c4cccc(-c5nc(-c6ccccc6)nc(-c6ccccc6)n5)c4)cc3)ccc1C21c2ccccc2Sc2ccccc21. The van der Waals surface area contributed by atoms with Crippen LogP contribution in [0.1, 0.15) is 27.8 Å². The van der Waals surface area contributed by atoms with Crippen LogP contribution in [-0.2, 0) is 5.41 Å². The summed E-state index contributed by atoms with van der Waals surface area (Å²) in [5.74, 6) is 1.91. The van der Waals surface area contributed by atoms with Crippen molar-refractivity contribution in [2.24, 2.45) is 0 Å². The van der Waals surface area contributed by atoms with Crippen LogP contribution in [0.2, 0.25) is 0 Å². The number of hydrogen-bond donors (Lipinski definition) is 0. The summed E-state index contributed by atoms with van der Waals surface area (Å²) in [4.78, 5) is 17.3. The predicted octanol–water partition coefficient (Wildman–Crippen LogP) is 12.9. The van der Waals surface area contributed by atoms with Crippen LogP contribution in [0.15, 0.2) is 204 Å². The molecule has 8 aromatic carbocycles. The highest BCUT2D eigenvalue weighted by atomic mass is 32.2. The molecule has 2 aliphatic rings. The highest BCUT2D eigenvalue weighted by molar-refractivity contribution is 7.99. The van der Waals surface area contributed by atoms with Crippen LogP contribution in [0.3, 0.4) is 0 Å². The molecular weight excluding hydrogens is 725 g/mol. The van der Waals surface area contributed by atoms with Crippen LogP contribution in [0, 0.1) is 11.3 Å². The first-order valence-electron chi connectivity index (χ1n) is 19.3. The van der Waals surface area contributed by atoms with E-state index in [0.29, 0.717) is 23.0 Å². The van der Waals surface area contributed by atoms with E-state index in [2.05, 4.69) is 133 Å². The third kappa shape index (κ3) is 5.42. The standard InChI is InChI=1S/C53H32N4S/c54-33-34-22-28-44-42(30-34)43-32-40(27-29-45(43)53(44)46-18-7-9-20-48(46)58-49-21-10-8-19-47(49)53)36-25-23-35(24-26-36)39-16-11-17-41(31-39)52-56-50(37-12-3-1-4-13-37)55-51(57-52)38-14-5-2-6-15-38/h1-32H. The molecule has 1 spiro atoms. The van der Waals surface area contributed by atoms with Crippen molar-refractivity contribution in [2.75, 3.05) is 0 Å². The fraction of sp³-hybridized carbons (Fsp3) is 0.0189. The van der Waals surface area contributed by atoms with Crippen LogP contribution in [0.5, 0.6) is 0 Å². The summed E-state index contributed by atoms with van der Waals surface area (Å²) < 4.78 is 0. The average Bonchev–Trinajstić information content (AvgIpc) is 3.58. The van der Waals surface area contributed by atoms with Crippen LogP contribution in [0.4, 0.5) is 0 Å². The van der Waals surface area contributed by atoms with E-state index in [9.17, 15) is 5.26 Å². The maximum Gasteiger partial charge on any atom is 0.164 e. The maximum atomic E-state index is 10.0. The lowest BCUT2D eigenvalue weighted by Gasteiger charge is -2.39. The lowest BCUT2D eigenvalue weighted by Crippen LogP contribution is -2.31. The molecule has 0 unspecified atom stereocenters. The Morgan fingerprint density at radius 1 is 0.362 bits per heavy atom. The predicted molar refractivity (Wildman–Crippen MR) is 233 cm³/mol. The molecule has 9 aromatic rings. The van der Waals surface area contributed by atoms with E-state index in [4.69, 9.17) is 15.0 Å². The normalized spacial score (nSPS) is 12.9. The summed E-state index contributed by atoms with van der Waals surface area (Å²) in [6, 6.07) is 70.4. The smallest absolute Gasteiger partial charge is 0.164 e. The number of nitriles is 1. The third-order valence-corrected chi connectivity index (χ3v) is 12.6. The molecule has 1 aliphatic carbocycles. The molecule has 1 aliphatic heterocycles. The van der Waals surface area contributed by atoms with E-state index in [1.54, 1.807) is 0 Å². The Kier molecular flexibility index (Phi) is 7.99. The third-order valence-electron chi connectivity index (χ3n) is 11.4. The lowest BCUT2D eigenvalue weighted by molar-refractivity contribution is 0.722. The van der Waals surface area contributed by atoms with E-state index in [1.807, 2.05) is 78.5 Å². The Balaban J connectivity index is 0.985. The second-order valence-corrected chi connectivity index (χ2v) is 15.8. The van der Waals surface area contributed by atoms with Gasteiger partial charge in [-0.25, -0.2) is 15.0 Å². The van der Waals surface area contributed by atoms with Crippen molar-refractivity contribution in [3.05, 3.63) is 222 Å². The van der Waals surface area contributed by atoms with Gasteiger partial charge >= 0.3 is 0 Å². The molecule has 1 aromatic heterocycles. The molecule has 0 saturated carbocycles. The number of hydrogen-bond acceptors (Lipinski definition) is 5. The topological polar surface area (TPSA) is 62.5 Å². The van der Waals surface area contributed by atoms with E-state index >= 15 is 0 Å². The van der Waals surface area contributed by atoms with Crippen molar-refractivity contribution in [2.45, 2.75) is 15.2 Å². The summed E-state index contributed by atoms with van der Waals surface area (Å²) in [6.45, 7) is 0. The van der Waals surface area contributed by atoms with Gasteiger partial charge in [0.15, 0.2) is 17.5 Å². The minimum Gasteiger partial charge on any atom is -0.208 e. The molecule has 0 bridgehead atoms. The van der Waals surface area contributed by atoms with Gasteiger partial charge in [0.25, 0.3) is 0 Å². The fourth-order valence-electron chi connectivity index (χ4n) is 8.79. The fourth-order valence-corrected chi connectivity index (χ4v) is 9.98. The number of rotatable bonds is 5. The summed E-state index contributed by atoms with van der Waals surface area (Å²) in [7, 11) is 0. The molecule has 5 heteroatoms. The van der Waals surface area contributed by atoms with Crippen molar-refractivity contribution in [3.8, 4) is 73.6 Å². The van der Waals surface area contributed by atoms with Gasteiger partial charge in [-0.15, -0.1) is 0 Å². The van der Waals surface area contributed by atoms with Gasteiger partial charge in [-0.1, -0.05) is 169 Å². The molecule has 4 nitrogen and oxygen atoms in total. The average molecular weight is 757 g/mol. The Labute approximate surface area is 341 Å². The van der Waals surface area contributed by atoms with Gasteiger partial charge in [-0.05, 0) is 92.0 Å². The molecule has 0 saturated heterocycles. The Bertz CT molecular complexity index is 2990. The summed E-state index contributed by atoms with van der Waals surface area (Å²) >= 11 is 1.84. The minimum atomic E-state index is -0.479. The van der Waals surface area contributed by atoms with Crippen molar-refractivity contribution >= 4 is 11.8 Å². The van der Waals surface area contributed by atoms with E-state index in [0.717, 1.165) is 44.5 Å². The number of aromatic nitrogens is 3.